The first-order valence-corrected chi connectivity index (χ1v) is 10.7. The molecule has 0 saturated heterocycles. The fourth-order valence-electron chi connectivity index (χ4n) is 3.95. The molecule has 0 fully saturated rings. The second-order valence-electron chi connectivity index (χ2n) is 8.97. The van der Waals surface area contributed by atoms with Gasteiger partial charge in [0.1, 0.15) is 23.9 Å². The van der Waals surface area contributed by atoms with Crippen molar-refractivity contribution in [2.45, 2.75) is 45.3 Å². The number of H-pyrrole nitrogens is 1. The summed E-state index contributed by atoms with van der Waals surface area (Å²) in [4.78, 5) is 43.4. The van der Waals surface area contributed by atoms with Gasteiger partial charge in [0.2, 0.25) is 5.91 Å². The Balaban J connectivity index is 1.57. The van der Waals surface area contributed by atoms with E-state index in [0.29, 0.717) is 24.2 Å². The number of carbonyl (C=O) groups is 3. The first-order chi connectivity index (χ1) is 15.2. The van der Waals surface area contributed by atoms with Crippen LogP contribution in [0.1, 0.15) is 43.2 Å². The minimum atomic E-state index is -0.760. The Hall–Kier alpha value is -3.61. The molecule has 32 heavy (non-hydrogen) atoms. The predicted octanol–water partition coefficient (Wildman–Crippen LogP) is 3.59. The van der Waals surface area contributed by atoms with E-state index in [0.717, 1.165) is 16.5 Å². The van der Waals surface area contributed by atoms with Gasteiger partial charge in [-0.15, -0.1) is 0 Å². The topological polar surface area (TPSA) is 91.5 Å². The third-order valence-electron chi connectivity index (χ3n) is 5.34. The first-order valence-electron chi connectivity index (χ1n) is 10.7. The van der Waals surface area contributed by atoms with Crippen LogP contribution < -0.4 is 10.2 Å². The quantitative estimate of drug-likeness (QED) is 0.615. The number of ether oxygens (including phenoxy) is 1. The Labute approximate surface area is 186 Å². The fourth-order valence-corrected chi connectivity index (χ4v) is 3.95. The van der Waals surface area contributed by atoms with E-state index in [-0.39, 0.29) is 18.4 Å². The molecule has 2 N–H and O–H groups in total. The predicted molar refractivity (Wildman–Crippen MR) is 123 cm³/mol. The Morgan fingerprint density at radius 1 is 1.12 bits per heavy atom. The molecule has 1 atom stereocenters. The van der Waals surface area contributed by atoms with Gasteiger partial charge in [-0.1, -0.05) is 36.4 Å². The van der Waals surface area contributed by atoms with Crippen LogP contribution >= 0.6 is 0 Å². The molecule has 166 valence electrons. The highest BCUT2D eigenvalue weighted by Gasteiger charge is 2.33. The number of carbonyl (C=O) groups excluding carboxylic acids is 3. The summed E-state index contributed by atoms with van der Waals surface area (Å²) < 4.78 is 5.44. The molecule has 3 aromatic rings. The van der Waals surface area contributed by atoms with Crippen molar-refractivity contribution in [3.05, 3.63) is 65.9 Å². The van der Waals surface area contributed by atoms with Crippen LogP contribution in [0.15, 0.2) is 54.6 Å². The normalized spacial score (nSPS) is 16.4. The van der Waals surface area contributed by atoms with Gasteiger partial charge in [-0.3, -0.25) is 19.3 Å². The lowest BCUT2D eigenvalue weighted by atomic mass is 10.1. The molecule has 7 heteroatoms. The molecule has 0 aliphatic carbocycles. The van der Waals surface area contributed by atoms with Gasteiger partial charge in [0.05, 0.1) is 0 Å². The zero-order valence-corrected chi connectivity index (χ0v) is 18.5. The van der Waals surface area contributed by atoms with Gasteiger partial charge in [-0.25, -0.2) is 0 Å². The molecule has 0 bridgehead atoms. The van der Waals surface area contributed by atoms with Crippen LogP contribution in [-0.2, 0) is 20.7 Å². The van der Waals surface area contributed by atoms with Gasteiger partial charge in [-0.05, 0) is 57.4 Å². The van der Waals surface area contributed by atoms with E-state index in [4.69, 9.17) is 4.74 Å². The average Bonchev–Trinajstić information content (AvgIpc) is 3.13. The molecular weight excluding hydrogens is 406 g/mol. The molecule has 1 aliphatic rings. The number of hydrogen-bond donors (Lipinski definition) is 2. The van der Waals surface area contributed by atoms with Crippen LogP contribution in [0.3, 0.4) is 0 Å². The van der Waals surface area contributed by atoms with Crippen molar-refractivity contribution in [3.63, 3.8) is 0 Å². The van der Waals surface area contributed by atoms with Gasteiger partial charge in [0, 0.05) is 16.6 Å². The van der Waals surface area contributed by atoms with Crippen molar-refractivity contribution >= 4 is 34.4 Å². The lowest BCUT2D eigenvalue weighted by molar-refractivity contribution is -0.153. The first kappa shape index (κ1) is 21.6. The van der Waals surface area contributed by atoms with Gasteiger partial charge < -0.3 is 15.0 Å². The van der Waals surface area contributed by atoms with Gasteiger partial charge in [-0.2, -0.15) is 0 Å². The third-order valence-corrected chi connectivity index (χ3v) is 5.34. The molecule has 1 unspecified atom stereocenters. The highest BCUT2D eigenvalue weighted by Crippen LogP contribution is 2.27. The Morgan fingerprint density at radius 2 is 1.84 bits per heavy atom. The van der Waals surface area contributed by atoms with E-state index in [9.17, 15) is 14.4 Å². The summed E-state index contributed by atoms with van der Waals surface area (Å²) in [6, 6.07) is 16.1. The molecule has 1 aromatic heterocycles. The van der Waals surface area contributed by atoms with E-state index in [1.54, 1.807) is 26.8 Å². The minimum absolute atomic E-state index is 0.216. The summed E-state index contributed by atoms with van der Waals surface area (Å²) in [5.74, 6) is -1.18. The van der Waals surface area contributed by atoms with Gasteiger partial charge in [0.15, 0.2) is 0 Å². The number of para-hydroxylation sites is 2. The van der Waals surface area contributed by atoms with Crippen LogP contribution in [0.4, 0.5) is 5.69 Å². The summed E-state index contributed by atoms with van der Waals surface area (Å²) >= 11 is 0. The van der Waals surface area contributed by atoms with Crippen molar-refractivity contribution in [2.75, 3.05) is 11.4 Å². The monoisotopic (exact) mass is 433 g/mol. The Bertz CT molecular complexity index is 1140. The van der Waals surface area contributed by atoms with Crippen LogP contribution in [-0.4, -0.2) is 41.0 Å². The highest BCUT2D eigenvalue weighted by atomic mass is 16.6. The maximum atomic E-state index is 13.4. The van der Waals surface area contributed by atoms with Crippen molar-refractivity contribution in [3.8, 4) is 0 Å². The Kier molecular flexibility index (Phi) is 5.74. The van der Waals surface area contributed by atoms with Gasteiger partial charge in [0.25, 0.3) is 5.91 Å². The molecule has 2 aromatic carbocycles. The standard InChI is InChI=1S/C25H27N3O4/c1-25(2,3)32-22(29)15-28-21-11-7-5-8-16(21)12-13-19(24(28)31)27-23(30)20-14-17-9-4-6-10-18(17)26-20/h4-11,14,19,26H,12-13,15H2,1-3H3,(H,27,30). The number of amides is 2. The SMILES string of the molecule is CC(C)(C)OC(=O)CN1C(=O)C(NC(=O)c2cc3ccccc3[nH]2)CCc2ccccc21. The second-order valence-corrected chi connectivity index (χ2v) is 8.97. The minimum Gasteiger partial charge on any atom is -0.459 e. The summed E-state index contributed by atoms with van der Waals surface area (Å²) in [5.41, 5.74) is 2.20. The summed E-state index contributed by atoms with van der Waals surface area (Å²) in [7, 11) is 0. The molecule has 0 spiro atoms. The lowest BCUT2D eigenvalue weighted by Gasteiger charge is -2.27. The largest absolute Gasteiger partial charge is 0.459 e. The van der Waals surface area contributed by atoms with E-state index in [1.165, 1.54) is 4.90 Å². The number of hydrogen-bond acceptors (Lipinski definition) is 4. The molecule has 2 amide bonds. The van der Waals surface area contributed by atoms with E-state index in [1.807, 2.05) is 48.5 Å². The van der Waals surface area contributed by atoms with E-state index < -0.39 is 17.6 Å². The maximum absolute atomic E-state index is 13.4. The summed E-state index contributed by atoms with van der Waals surface area (Å²) in [6.07, 6.45) is 1.04. The maximum Gasteiger partial charge on any atom is 0.326 e. The second kappa shape index (κ2) is 8.49. The fraction of sp³-hybridized carbons (Fsp3) is 0.320. The number of rotatable bonds is 4. The Morgan fingerprint density at radius 3 is 2.59 bits per heavy atom. The number of esters is 1. The summed E-state index contributed by atoms with van der Waals surface area (Å²) in [6.45, 7) is 5.14. The number of nitrogens with zero attached hydrogens (tertiary/aromatic N) is 1. The third kappa shape index (κ3) is 4.66. The zero-order valence-electron chi connectivity index (χ0n) is 18.5. The molecule has 0 saturated carbocycles. The lowest BCUT2D eigenvalue weighted by Crippen LogP contribution is -2.50. The molecule has 1 aliphatic heterocycles. The molecule has 7 nitrogen and oxygen atoms in total. The molecule has 4 rings (SSSR count). The van der Waals surface area contributed by atoms with Crippen molar-refractivity contribution in [2.24, 2.45) is 0 Å². The van der Waals surface area contributed by atoms with E-state index >= 15 is 0 Å². The number of aryl methyl sites for hydroxylation is 1. The van der Waals surface area contributed by atoms with Crippen molar-refractivity contribution < 1.29 is 19.1 Å². The molecular formula is C25H27N3O4. The van der Waals surface area contributed by atoms with Crippen LogP contribution in [0.25, 0.3) is 10.9 Å². The number of aromatic nitrogens is 1. The highest BCUT2D eigenvalue weighted by molar-refractivity contribution is 6.05. The van der Waals surface area contributed by atoms with Crippen LogP contribution in [0, 0.1) is 0 Å². The van der Waals surface area contributed by atoms with E-state index in [2.05, 4.69) is 10.3 Å². The van der Waals surface area contributed by atoms with Crippen LogP contribution in [0.2, 0.25) is 0 Å². The van der Waals surface area contributed by atoms with Crippen molar-refractivity contribution in [1.29, 1.82) is 0 Å². The number of benzene rings is 2. The number of nitrogens with one attached hydrogen (secondary N) is 2. The average molecular weight is 434 g/mol. The molecule has 2 heterocycles. The number of anilines is 1. The number of aromatic amines is 1. The smallest absolute Gasteiger partial charge is 0.326 e. The zero-order chi connectivity index (χ0) is 22.9. The van der Waals surface area contributed by atoms with Crippen molar-refractivity contribution in [1.82, 2.24) is 10.3 Å². The summed E-state index contributed by atoms with van der Waals surface area (Å²) in [5, 5.41) is 3.78. The number of fused-ring (bicyclic) bond motifs is 2. The molecule has 0 radical (unpaired) electrons. The van der Waals surface area contributed by atoms with Gasteiger partial charge >= 0.3 is 5.97 Å². The van der Waals surface area contributed by atoms with Crippen LogP contribution in [0.5, 0.6) is 0 Å².